The maximum absolute atomic E-state index is 13.5. The Hall–Kier alpha value is -5.54. The number of amides is 8. The number of guanidine groups is 1. The average molecular weight is 813 g/mol. The second kappa shape index (κ2) is 26.3. The molecule has 0 aliphatic heterocycles. The zero-order chi connectivity index (χ0) is 44.0. The molecule has 0 rings (SSSR count). The Morgan fingerprint density at radius 1 is 0.649 bits per heavy atom. The average Bonchev–Trinajstić information content (AvgIpc) is 3.12. The highest BCUT2D eigenvalue weighted by Crippen LogP contribution is 2.11. The van der Waals surface area contributed by atoms with Crippen LogP contribution >= 0.6 is 0 Å². The van der Waals surface area contributed by atoms with Crippen LogP contribution in [-0.2, 0) is 43.2 Å². The lowest BCUT2D eigenvalue weighted by molar-refractivity contribution is -0.143. The molecule has 7 atom stereocenters. The lowest BCUT2D eigenvalue weighted by Crippen LogP contribution is -2.57. The number of carboxylic acid groups (broad SMARTS) is 1. The maximum Gasteiger partial charge on any atom is 0.326 e. The van der Waals surface area contributed by atoms with Gasteiger partial charge in [-0.25, -0.2) is 4.79 Å². The van der Waals surface area contributed by atoms with Crippen LogP contribution in [0.4, 0.5) is 0 Å². The molecule has 8 amide bonds. The van der Waals surface area contributed by atoms with Crippen molar-refractivity contribution in [3.05, 3.63) is 0 Å². The number of aliphatic carboxylic acids is 1. The SMILES string of the molecule is CC[C@H](C)[C@H](NC(=O)CNC(=O)[C@H](CCCNC(=N)N)NC(=O)[C@H](CCC(N)=O)NC(=O)CNC(=O)[C@H](C)NC(=O)[C@@H](N)CC(C)C)C(=O)N[C@H](C(=O)O)C(C)C. The Balaban J connectivity index is 5.81. The summed E-state index contributed by atoms with van der Waals surface area (Å²) in [5.74, 6) is -8.49. The third-order valence-corrected chi connectivity index (χ3v) is 8.65. The van der Waals surface area contributed by atoms with Gasteiger partial charge >= 0.3 is 5.97 Å². The normalized spacial score (nSPS) is 14.6. The summed E-state index contributed by atoms with van der Waals surface area (Å²) in [6.45, 7) is 10.7. The summed E-state index contributed by atoms with van der Waals surface area (Å²) in [5, 5.41) is 36.4. The summed E-state index contributed by atoms with van der Waals surface area (Å²) < 4.78 is 0. The van der Waals surface area contributed by atoms with E-state index >= 15 is 0 Å². The van der Waals surface area contributed by atoms with E-state index in [1.807, 2.05) is 13.8 Å². The molecule has 0 fully saturated rings. The smallest absolute Gasteiger partial charge is 0.326 e. The number of nitrogens with one attached hydrogen (secondary N) is 9. The Morgan fingerprint density at radius 2 is 1.21 bits per heavy atom. The molecule has 0 saturated heterocycles. The van der Waals surface area contributed by atoms with Gasteiger partial charge in [-0.15, -0.1) is 0 Å². The molecular formula is C35H64N12O10. The minimum Gasteiger partial charge on any atom is -0.480 e. The highest BCUT2D eigenvalue weighted by atomic mass is 16.4. The van der Waals surface area contributed by atoms with Gasteiger partial charge in [0.1, 0.15) is 30.2 Å². The van der Waals surface area contributed by atoms with Gasteiger partial charge in [0.15, 0.2) is 5.96 Å². The maximum atomic E-state index is 13.5. The van der Waals surface area contributed by atoms with E-state index in [2.05, 4.69) is 42.5 Å². The fraction of sp³-hybridized carbons (Fsp3) is 0.714. The van der Waals surface area contributed by atoms with Gasteiger partial charge in [0, 0.05) is 13.0 Å². The van der Waals surface area contributed by atoms with Crippen LogP contribution in [0.25, 0.3) is 0 Å². The minimum absolute atomic E-state index is 0.0554. The summed E-state index contributed by atoms with van der Waals surface area (Å²) in [5.41, 5.74) is 16.5. The van der Waals surface area contributed by atoms with Crippen molar-refractivity contribution in [3.8, 4) is 0 Å². The van der Waals surface area contributed by atoms with Crippen LogP contribution in [-0.4, -0.2) is 120 Å². The van der Waals surface area contributed by atoms with Crippen molar-refractivity contribution in [3.63, 3.8) is 0 Å². The third kappa shape index (κ3) is 21.4. The van der Waals surface area contributed by atoms with Gasteiger partial charge in [0.05, 0.1) is 19.1 Å². The van der Waals surface area contributed by atoms with Crippen LogP contribution in [0.1, 0.15) is 87.0 Å². The number of hydrogen-bond acceptors (Lipinski definition) is 11. The van der Waals surface area contributed by atoms with E-state index < -0.39 is 114 Å². The van der Waals surface area contributed by atoms with Crippen molar-refractivity contribution in [1.82, 2.24) is 42.5 Å². The first-order valence-electron chi connectivity index (χ1n) is 18.9. The molecule has 0 aromatic heterocycles. The molecule has 0 aliphatic rings. The number of nitrogens with two attached hydrogens (primary N) is 3. The number of hydrogen-bond donors (Lipinski definition) is 13. The van der Waals surface area contributed by atoms with Crippen molar-refractivity contribution >= 4 is 59.2 Å². The van der Waals surface area contributed by atoms with Gasteiger partial charge in [-0.1, -0.05) is 48.0 Å². The molecule has 0 radical (unpaired) electrons. The highest BCUT2D eigenvalue weighted by molar-refractivity contribution is 5.96. The number of carboxylic acids is 1. The third-order valence-electron chi connectivity index (χ3n) is 8.65. The number of carbonyl (C=O) groups excluding carboxylic acids is 8. The molecule has 0 aromatic carbocycles. The van der Waals surface area contributed by atoms with Gasteiger partial charge in [-0.3, -0.25) is 43.8 Å². The predicted octanol–water partition coefficient (Wildman–Crippen LogP) is -3.65. The molecular weight excluding hydrogens is 748 g/mol. The monoisotopic (exact) mass is 812 g/mol. The molecule has 16 N–H and O–H groups in total. The first-order valence-corrected chi connectivity index (χ1v) is 18.9. The van der Waals surface area contributed by atoms with E-state index in [-0.39, 0.29) is 44.1 Å². The quantitative estimate of drug-likeness (QED) is 0.0217. The number of primary amides is 1. The lowest BCUT2D eigenvalue weighted by Gasteiger charge is -2.27. The molecule has 22 heteroatoms. The zero-order valence-corrected chi connectivity index (χ0v) is 33.9. The standard InChI is InChI=1S/C35H64N12O10/c1-8-19(6)28(33(55)47-27(18(4)5)34(56)57)46-26(50)16-42-31(53)22(10-9-13-40-35(38)39)45-32(54)23(11-12-24(37)48)44-25(49)15-41-29(51)20(7)43-30(52)21(36)14-17(2)3/h17-23,27-28H,8-16,36H2,1-7H3,(H2,37,48)(H,41,51)(H,42,53)(H,43,52)(H,44,49)(H,45,54)(H,46,50)(H,47,55)(H,56,57)(H4,38,39,40)/t19-,20-,21-,22-,23-,27-,28-/m0/s1. The van der Waals surface area contributed by atoms with Crippen molar-refractivity contribution in [2.75, 3.05) is 19.6 Å². The largest absolute Gasteiger partial charge is 0.480 e. The molecule has 0 aromatic rings. The van der Waals surface area contributed by atoms with Gasteiger partial charge in [-0.05, 0) is 50.4 Å². The van der Waals surface area contributed by atoms with Gasteiger partial charge in [-0.2, -0.15) is 0 Å². The summed E-state index contributed by atoms with van der Waals surface area (Å²) in [6.07, 6.45) is 0.321. The zero-order valence-electron chi connectivity index (χ0n) is 33.9. The summed E-state index contributed by atoms with van der Waals surface area (Å²) >= 11 is 0. The summed E-state index contributed by atoms with van der Waals surface area (Å²) in [4.78, 5) is 114. The first-order chi connectivity index (χ1) is 26.5. The first kappa shape index (κ1) is 51.5. The molecule has 324 valence electrons. The second-order valence-corrected chi connectivity index (χ2v) is 14.6. The number of rotatable bonds is 27. The van der Waals surface area contributed by atoms with E-state index in [4.69, 9.17) is 22.6 Å². The Labute approximate surface area is 332 Å². The van der Waals surface area contributed by atoms with E-state index in [1.54, 1.807) is 27.7 Å². The van der Waals surface area contributed by atoms with Crippen LogP contribution in [0.15, 0.2) is 0 Å². The molecule has 0 aliphatic carbocycles. The molecule has 0 spiro atoms. The Kier molecular flexibility index (Phi) is 23.8. The summed E-state index contributed by atoms with van der Waals surface area (Å²) in [6, 6.07) is -6.98. The van der Waals surface area contributed by atoms with Crippen molar-refractivity contribution in [2.24, 2.45) is 35.0 Å². The van der Waals surface area contributed by atoms with E-state index in [0.29, 0.717) is 12.8 Å². The Morgan fingerprint density at radius 3 is 1.72 bits per heavy atom. The fourth-order valence-corrected chi connectivity index (χ4v) is 5.17. The Bertz CT molecular complexity index is 1430. The van der Waals surface area contributed by atoms with Gasteiger partial charge in [0.2, 0.25) is 47.3 Å². The molecule has 0 heterocycles. The van der Waals surface area contributed by atoms with E-state index in [9.17, 15) is 48.3 Å². The van der Waals surface area contributed by atoms with E-state index in [0.717, 1.165) is 0 Å². The molecule has 22 nitrogen and oxygen atoms in total. The predicted molar refractivity (Wildman–Crippen MR) is 208 cm³/mol. The molecule has 0 saturated carbocycles. The van der Waals surface area contributed by atoms with Crippen LogP contribution in [0.3, 0.4) is 0 Å². The van der Waals surface area contributed by atoms with Crippen molar-refractivity contribution in [2.45, 2.75) is 123 Å². The van der Waals surface area contributed by atoms with E-state index in [1.165, 1.54) is 6.92 Å². The molecule has 0 bridgehead atoms. The topological polar surface area (TPSA) is 372 Å². The highest BCUT2D eigenvalue weighted by Gasteiger charge is 2.32. The van der Waals surface area contributed by atoms with Crippen LogP contribution in [0, 0.1) is 23.2 Å². The van der Waals surface area contributed by atoms with Crippen LogP contribution < -0.4 is 59.7 Å². The van der Waals surface area contributed by atoms with Crippen LogP contribution in [0.5, 0.6) is 0 Å². The number of carbonyl (C=O) groups is 9. The summed E-state index contributed by atoms with van der Waals surface area (Å²) in [7, 11) is 0. The van der Waals surface area contributed by atoms with Crippen LogP contribution in [0.2, 0.25) is 0 Å². The molecule has 0 unspecified atom stereocenters. The van der Waals surface area contributed by atoms with Crippen molar-refractivity contribution < 1.29 is 48.3 Å². The lowest BCUT2D eigenvalue weighted by atomic mass is 9.96. The second-order valence-electron chi connectivity index (χ2n) is 14.6. The van der Waals surface area contributed by atoms with Crippen molar-refractivity contribution in [1.29, 1.82) is 5.41 Å². The van der Waals surface area contributed by atoms with Gasteiger partial charge in [0.25, 0.3) is 0 Å². The van der Waals surface area contributed by atoms with Gasteiger partial charge < -0.3 is 64.8 Å². The molecule has 57 heavy (non-hydrogen) atoms. The fourth-order valence-electron chi connectivity index (χ4n) is 5.17. The minimum atomic E-state index is -1.42.